The third-order valence-corrected chi connectivity index (χ3v) is 4.35. The van der Waals surface area contributed by atoms with Gasteiger partial charge in [-0.1, -0.05) is 13.8 Å². The number of hydrogen-bond donors (Lipinski definition) is 1. The Morgan fingerprint density at radius 2 is 1.73 bits per heavy atom. The summed E-state index contributed by atoms with van der Waals surface area (Å²) >= 11 is 0. The number of amides is 1. The van der Waals surface area contributed by atoms with Crippen molar-refractivity contribution in [1.29, 1.82) is 0 Å². The minimum Gasteiger partial charge on any atom is -0.320 e. The molecule has 1 unspecified atom stereocenters. The van der Waals surface area contributed by atoms with E-state index >= 15 is 0 Å². The summed E-state index contributed by atoms with van der Waals surface area (Å²) in [5, 5.41) is 3.01. The number of benzene rings is 1. The first-order valence-corrected chi connectivity index (χ1v) is 8.21. The van der Waals surface area contributed by atoms with Crippen LogP contribution in [-0.2, 0) is 4.79 Å². The third-order valence-electron chi connectivity index (χ3n) is 4.35. The first kappa shape index (κ1) is 18.6. The number of carbonyl (C=O) groups excluding carboxylic acids is 1. The van der Waals surface area contributed by atoms with Crippen molar-refractivity contribution in [2.45, 2.75) is 53.0 Å². The first-order valence-electron chi connectivity index (χ1n) is 8.21. The zero-order valence-electron chi connectivity index (χ0n) is 14.8. The average Bonchev–Trinajstić information content (AvgIpc) is 2.44. The smallest absolute Gasteiger partial charge is 0.282 e. The van der Waals surface area contributed by atoms with Crippen molar-refractivity contribution in [3.05, 3.63) is 29.1 Å². The average molecular weight is 309 g/mol. The standard InChI is InChI=1S/C16H23FN2O.C2H6/c1-11-9-13(17)10-12(2)15(11)18-16(20)14-7-5-6-8-19(14,3)4;1-2/h9-10,14H,5-8H2,1-4H3;1-2H3/p+1. The van der Waals surface area contributed by atoms with Gasteiger partial charge in [-0.25, -0.2) is 4.39 Å². The van der Waals surface area contributed by atoms with E-state index in [-0.39, 0.29) is 17.8 Å². The van der Waals surface area contributed by atoms with Crippen molar-refractivity contribution in [3.8, 4) is 0 Å². The van der Waals surface area contributed by atoms with Crippen LogP contribution in [0.15, 0.2) is 12.1 Å². The fourth-order valence-corrected chi connectivity index (χ4v) is 3.13. The summed E-state index contributed by atoms with van der Waals surface area (Å²) in [6.45, 7) is 8.68. The maximum atomic E-state index is 13.3. The molecule has 1 amide bonds. The van der Waals surface area contributed by atoms with Crippen LogP contribution >= 0.6 is 0 Å². The molecule has 0 aromatic heterocycles. The van der Waals surface area contributed by atoms with E-state index in [4.69, 9.17) is 0 Å². The Morgan fingerprint density at radius 1 is 1.18 bits per heavy atom. The number of rotatable bonds is 2. The summed E-state index contributed by atoms with van der Waals surface area (Å²) < 4.78 is 14.0. The van der Waals surface area contributed by atoms with Gasteiger partial charge >= 0.3 is 0 Å². The van der Waals surface area contributed by atoms with E-state index < -0.39 is 0 Å². The molecule has 3 nitrogen and oxygen atoms in total. The fourth-order valence-electron chi connectivity index (χ4n) is 3.13. The molecule has 22 heavy (non-hydrogen) atoms. The van der Waals surface area contributed by atoms with Crippen LogP contribution in [0.2, 0.25) is 0 Å². The molecule has 1 N–H and O–H groups in total. The molecule has 0 bridgehead atoms. The number of hydrogen-bond acceptors (Lipinski definition) is 1. The summed E-state index contributed by atoms with van der Waals surface area (Å²) in [5.41, 5.74) is 2.30. The quantitative estimate of drug-likeness (QED) is 0.821. The van der Waals surface area contributed by atoms with Gasteiger partial charge in [0.05, 0.1) is 20.6 Å². The Bertz CT molecular complexity index is 503. The predicted octanol–water partition coefficient (Wildman–Crippen LogP) is 4.04. The minimum atomic E-state index is -0.258. The third kappa shape index (κ3) is 4.29. The lowest BCUT2D eigenvalue weighted by Gasteiger charge is -2.40. The summed E-state index contributed by atoms with van der Waals surface area (Å²) in [5.74, 6) is -0.209. The Morgan fingerprint density at radius 3 is 2.23 bits per heavy atom. The number of aryl methyl sites for hydroxylation is 2. The molecular weight excluding hydrogens is 279 g/mol. The van der Waals surface area contributed by atoms with Gasteiger partial charge in [0.1, 0.15) is 5.82 Å². The molecule has 0 spiro atoms. The number of nitrogens with zero attached hydrogens (tertiary/aromatic N) is 1. The van der Waals surface area contributed by atoms with Gasteiger partial charge in [0.15, 0.2) is 6.04 Å². The lowest BCUT2D eigenvalue weighted by molar-refractivity contribution is -0.910. The van der Waals surface area contributed by atoms with Crippen molar-refractivity contribution >= 4 is 11.6 Å². The molecule has 4 heteroatoms. The van der Waals surface area contributed by atoms with Gasteiger partial charge in [-0.2, -0.15) is 0 Å². The second-order valence-corrected chi connectivity index (χ2v) is 6.42. The maximum Gasteiger partial charge on any atom is 0.282 e. The zero-order chi connectivity index (χ0) is 16.9. The van der Waals surface area contributed by atoms with Gasteiger partial charge in [-0.05, 0) is 49.9 Å². The van der Waals surface area contributed by atoms with Gasteiger partial charge in [-0.3, -0.25) is 4.79 Å². The number of piperidine rings is 1. The topological polar surface area (TPSA) is 29.1 Å². The zero-order valence-corrected chi connectivity index (χ0v) is 14.8. The van der Waals surface area contributed by atoms with E-state index in [1.807, 2.05) is 27.7 Å². The molecular formula is C18H30FN2O+. The molecule has 0 saturated carbocycles. The van der Waals surface area contributed by atoms with Crippen LogP contribution in [0.1, 0.15) is 44.2 Å². The largest absolute Gasteiger partial charge is 0.320 e. The second-order valence-electron chi connectivity index (χ2n) is 6.42. The van der Waals surface area contributed by atoms with Crippen LogP contribution in [0.3, 0.4) is 0 Å². The Hall–Kier alpha value is -1.42. The second kappa shape index (κ2) is 7.73. The highest BCUT2D eigenvalue weighted by atomic mass is 19.1. The van der Waals surface area contributed by atoms with Crippen molar-refractivity contribution in [2.75, 3.05) is 26.0 Å². The molecule has 0 aliphatic carbocycles. The number of quaternary nitrogens is 1. The van der Waals surface area contributed by atoms with Crippen molar-refractivity contribution in [2.24, 2.45) is 0 Å². The molecule has 1 saturated heterocycles. The Balaban J connectivity index is 0.00000116. The summed E-state index contributed by atoms with van der Waals surface area (Å²) in [7, 11) is 4.21. The Kier molecular flexibility index (Phi) is 6.54. The Labute approximate surface area is 134 Å². The van der Waals surface area contributed by atoms with Crippen LogP contribution in [-0.4, -0.2) is 37.1 Å². The van der Waals surface area contributed by atoms with Crippen LogP contribution < -0.4 is 5.32 Å². The van der Waals surface area contributed by atoms with Crippen molar-refractivity contribution < 1.29 is 13.7 Å². The van der Waals surface area contributed by atoms with Gasteiger partial charge in [0.2, 0.25) is 0 Å². The molecule has 1 aromatic rings. The van der Waals surface area contributed by atoms with Gasteiger partial charge < -0.3 is 9.80 Å². The van der Waals surface area contributed by atoms with Gasteiger partial charge in [0.25, 0.3) is 5.91 Å². The first-order chi connectivity index (χ1) is 10.3. The molecule has 1 atom stereocenters. The predicted molar refractivity (Wildman–Crippen MR) is 90.5 cm³/mol. The highest BCUT2D eigenvalue weighted by molar-refractivity contribution is 5.95. The molecule has 1 heterocycles. The van der Waals surface area contributed by atoms with Crippen LogP contribution in [0.5, 0.6) is 0 Å². The maximum absolute atomic E-state index is 13.3. The number of halogens is 1. The fraction of sp³-hybridized carbons (Fsp3) is 0.611. The highest BCUT2D eigenvalue weighted by Crippen LogP contribution is 2.26. The lowest BCUT2D eigenvalue weighted by Crippen LogP contribution is -2.57. The van der Waals surface area contributed by atoms with E-state index in [0.29, 0.717) is 0 Å². The van der Waals surface area contributed by atoms with Gasteiger partial charge in [0, 0.05) is 12.1 Å². The number of nitrogens with one attached hydrogen (secondary N) is 1. The summed E-state index contributed by atoms with van der Waals surface area (Å²) in [6.07, 6.45) is 3.19. The monoisotopic (exact) mass is 309 g/mol. The van der Waals surface area contributed by atoms with E-state index in [1.54, 1.807) is 0 Å². The normalized spacial score (nSPS) is 19.9. The van der Waals surface area contributed by atoms with Crippen LogP contribution in [0.25, 0.3) is 0 Å². The number of likely N-dealkylation sites (tertiary alicyclic amines) is 1. The van der Waals surface area contributed by atoms with Crippen LogP contribution in [0, 0.1) is 19.7 Å². The number of carbonyl (C=O) groups is 1. The molecule has 2 rings (SSSR count). The molecule has 0 radical (unpaired) electrons. The molecule has 1 aliphatic rings. The van der Waals surface area contributed by atoms with Crippen molar-refractivity contribution in [3.63, 3.8) is 0 Å². The molecule has 124 valence electrons. The van der Waals surface area contributed by atoms with Gasteiger partial charge in [-0.15, -0.1) is 0 Å². The lowest BCUT2D eigenvalue weighted by atomic mass is 9.99. The van der Waals surface area contributed by atoms with E-state index in [0.717, 1.165) is 40.7 Å². The minimum absolute atomic E-state index is 0.0207. The van der Waals surface area contributed by atoms with Crippen LogP contribution in [0.4, 0.5) is 10.1 Å². The molecule has 1 fully saturated rings. The van der Waals surface area contributed by atoms with E-state index in [2.05, 4.69) is 19.4 Å². The number of anilines is 1. The van der Waals surface area contributed by atoms with Crippen molar-refractivity contribution in [1.82, 2.24) is 0 Å². The highest BCUT2D eigenvalue weighted by Gasteiger charge is 2.37. The number of likely N-dealkylation sites (N-methyl/N-ethyl adjacent to an activating group) is 1. The van der Waals surface area contributed by atoms with E-state index in [9.17, 15) is 9.18 Å². The van der Waals surface area contributed by atoms with E-state index in [1.165, 1.54) is 18.6 Å². The SMILES string of the molecule is CC.Cc1cc(F)cc(C)c1NC(=O)C1CCCC[N+]1(C)C. The summed E-state index contributed by atoms with van der Waals surface area (Å²) in [6, 6.07) is 2.90. The molecule has 1 aromatic carbocycles. The summed E-state index contributed by atoms with van der Waals surface area (Å²) in [4.78, 5) is 12.6. The molecule has 1 aliphatic heterocycles.